The molecule has 6 nitrogen and oxygen atoms in total. The molecular formula is C16H14ClN3O3. The fourth-order valence-electron chi connectivity index (χ4n) is 1.68. The highest BCUT2D eigenvalue weighted by molar-refractivity contribution is 6.39. The van der Waals surface area contributed by atoms with E-state index in [1.54, 1.807) is 30.3 Å². The Kier molecular flexibility index (Phi) is 5.32. The van der Waals surface area contributed by atoms with Crippen molar-refractivity contribution in [2.75, 3.05) is 5.32 Å². The molecule has 0 atom stereocenters. The minimum Gasteiger partial charge on any atom is -0.508 e. The predicted octanol–water partition coefficient (Wildman–Crippen LogP) is 2.44. The van der Waals surface area contributed by atoms with E-state index in [1.807, 2.05) is 6.92 Å². The average molecular weight is 332 g/mol. The lowest BCUT2D eigenvalue weighted by Crippen LogP contribution is -2.32. The molecule has 2 aromatic rings. The van der Waals surface area contributed by atoms with Crippen LogP contribution in [0.25, 0.3) is 0 Å². The molecule has 0 heterocycles. The van der Waals surface area contributed by atoms with Gasteiger partial charge in [-0.15, -0.1) is 0 Å². The number of aryl methyl sites for hydroxylation is 1. The number of rotatable bonds is 3. The van der Waals surface area contributed by atoms with Crippen molar-refractivity contribution >= 4 is 35.3 Å². The first kappa shape index (κ1) is 16.5. The lowest BCUT2D eigenvalue weighted by molar-refractivity contribution is -0.136. The van der Waals surface area contributed by atoms with Gasteiger partial charge in [0.15, 0.2) is 0 Å². The van der Waals surface area contributed by atoms with E-state index in [0.717, 1.165) is 5.56 Å². The number of halogens is 1. The first-order valence-electron chi connectivity index (χ1n) is 6.65. The summed E-state index contributed by atoms with van der Waals surface area (Å²) in [6.07, 6.45) is 1.31. The highest BCUT2D eigenvalue weighted by atomic mass is 35.5. The molecule has 0 saturated carbocycles. The maximum atomic E-state index is 11.7. The molecule has 0 aliphatic carbocycles. The number of hydrazone groups is 1. The molecule has 3 N–H and O–H groups in total. The van der Waals surface area contributed by atoms with Crippen LogP contribution in [0.15, 0.2) is 47.6 Å². The van der Waals surface area contributed by atoms with Gasteiger partial charge in [0, 0.05) is 10.7 Å². The second-order valence-electron chi connectivity index (χ2n) is 4.71. The Morgan fingerprint density at radius 1 is 1.17 bits per heavy atom. The summed E-state index contributed by atoms with van der Waals surface area (Å²) in [6.45, 7) is 1.83. The smallest absolute Gasteiger partial charge is 0.329 e. The van der Waals surface area contributed by atoms with Crippen molar-refractivity contribution in [3.63, 3.8) is 0 Å². The van der Waals surface area contributed by atoms with E-state index in [0.29, 0.717) is 16.3 Å². The Bertz CT molecular complexity index is 775. The van der Waals surface area contributed by atoms with Crippen LogP contribution in [0.2, 0.25) is 5.02 Å². The summed E-state index contributed by atoms with van der Waals surface area (Å²) in [5.74, 6) is -1.70. The number of nitrogens with one attached hydrogen (secondary N) is 2. The Hall–Kier alpha value is -2.86. The number of carbonyl (C=O) groups is 2. The van der Waals surface area contributed by atoms with Crippen LogP contribution < -0.4 is 10.7 Å². The second-order valence-corrected chi connectivity index (χ2v) is 5.12. The summed E-state index contributed by atoms with van der Waals surface area (Å²) in [6, 6.07) is 11.2. The summed E-state index contributed by atoms with van der Waals surface area (Å²) in [5, 5.41) is 15.9. The SMILES string of the molecule is Cc1ccc(NC(=O)C(=O)N/N=C/c2cccc(O)c2)cc1Cl. The van der Waals surface area contributed by atoms with Gasteiger partial charge in [0.05, 0.1) is 6.21 Å². The maximum Gasteiger partial charge on any atom is 0.329 e. The highest BCUT2D eigenvalue weighted by Gasteiger charge is 2.13. The minimum absolute atomic E-state index is 0.0780. The highest BCUT2D eigenvalue weighted by Crippen LogP contribution is 2.19. The number of anilines is 1. The first-order valence-corrected chi connectivity index (χ1v) is 7.03. The molecule has 0 aromatic heterocycles. The molecule has 2 rings (SSSR count). The van der Waals surface area contributed by atoms with Gasteiger partial charge in [0.25, 0.3) is 0 Å². The van der Waals surface area contributed by atoms with Gasteiger partial charge in [-0.05, 0) is 42.3 Å². The van der Waals surface area contributed by atoms with Crippen molar-refractivity contribution in [1.29, 1.82) is 0 Å². The van der Waals surface area contributed by atoms with Crippen LogP contribution in [-0.4, -0.2) is 23.1 Å². The van der Waals surface area contributed by atoms with Gasteiger partial charge in [0.2, 0.25) is 0 Å². The molecular weight excluding hydrogens is 318 g/mol. The summed E-state index contributed by atoms with van der Waals surface area (Å²) >= 11 is 5.95. The van der Waals surface area contributed by atoms with Crippen LogP contribution in [0.5, 0.6) is 5.75 Å². The third-order valence-corrected chi connectivity index (χ3v) is 3.29. The van der Waals surface area contributed by atoms with Gasteiger partial charge >= 0.3 is 11.8 Å². The number of benzene rings is 2. The molecule has 0 aliphatic rings. The largest absolute Gasteiger partial charge is 0.508 e. The minimum atomic E-state index is -0.918. The van der Waals surface area contributed by atoms with E-state index < -0.39 is 11.8 Å². The Morgan fingerprint density at radius 2 is 1.96 bits per heavy atom. The molecule has 0 saturated heterocycles. The molecule has 0 radical (unpaired) electrons. The lowest BCUT2D eigenvalue weighted by atomic mass is 10.2. The Balaban J connectivity index is 1.92. The second kappa shape index (κ2) is 7.42. The summed E-state index contributed by atoms with van der Waals surface area (Å²) in [5.41, 5.74) is 3.96. The van der Waals surface area contributed by atoms with Crippen LogP contribution in [-0.2, 0) is 9.59 Å². The maximum absolute atomic E-state index is 11.7. The third-order valence-electron chi connectivity index (χ3n) is 2.89. The molecule has 23 heavy (non-hydrogen) atoms. The van der Waals surface area contributed by atoms with E-state index in [-0.39, 0.29) is 5.75 Å². The van der Waals surface area contributed by atoms with Crippen LogP contribution in [0, 0.1) is 6.92 Å². The summed E-state index contributed by atoms with van der Waals surface area (Å²) in [4.78, 5) is 23.4. The fourth-order valence-corrected chi connectivity index (χ4v) is 1.86. The normalized spacial score (nSPS) is 10.5. The molecule has 0 aliphatic heterocycles. The van der Waals surface area contributed by atoms with Gasteiger partial charge in [-0.3, -0.25) is 9.59 Å². The zero-order chi connectivity index (χ0) is 16.8. The van der Waals surface area contributed by atoms with Crippen molar-refractivity contribution < 1.29 is 14.7 Å². The standard InChI is InChI=1S/C16H14ClN3O3/c1-10-5-6-12(8-14(10)17)19-15(22)16(23)20-18-9-11-3-2-4-13(21)7-11/h2-9,21H,1H3,(H,19,22)(H,20,23)/b18-9+. The quantitative estimate of drug-likeness (QED) is 0.458. The Morgan fingerprint density at radius 3 is 2.65 bits per heavy atom. The van der Waals surface area contributed by atoms with Crippen LogP contribution in [0.3, 0.4) is 0 Å². The third kappa shape index (κ3) is 4.82. The number of nitrogens with zero attached hydrogens (tertiary/aromatic N) is 1. The van der Waals surface area contributed by atoms with Crippen LogP contribution in [0.4, 0.5) is 5.69 Å². The number of phenolic OH excluding ortho intramolecular Hbond substituents is 1. The average Bonchev–Trinajstić information content (AvgIpc) is 2.51. The number of hydrogen-bond donors (Lipinski definition) is 3. The van der Waals surface area contributed by atoms with Crippen molar-refractivity contribution in [3.05, 3.63) is 58.6 Å². The van der Waals surface area contributed by atoms with Gasteiger partial charge in [-0.2, -0.15) is 5.10 Å². The zero-order valence-electron chi connectivity index (χ0n) is 12.2. The van der Waals surface area contributed by atoms with Crippen molar-refractivity contribution in [3.8, 4) is 5.75 Å². The monoisotopic (exact) mass is 331 g/mol. The fraction of sp³-hybridized carbons (Fsp3) is 0.0625. The number of phenols is 1. The van der Waals surface area contributed by atoms with Gasteiger partial charge < -0.3 is 10.4 Å². The van der Waals surface area contributed by atoms with E-state index >= 15 is 0 Å². The molecule has 0 fully saturated rings. The molecule has 0 unspecified atom stereocenters. The van der Waals surface area contributed by atoms with E-state index in [9.17, 15) is 14.7 Å². The molecule has 0 bridgehead atoms. The van der Waals surface area contributed by atoms with Gasteiger partial charge in [-0.1, -0.05) is 29.8 Å². The summed E-state index contributed by atoms with van der Waals surface area (Å²) in [7, 11) is 0. The van der Waals surface area contributed by atoms with Crippen LogP contribution >= 0.6 is 11.6 Å². The molecule has 0 spiro atoms. The van der Waals surface area contributed by atoms with Gasteiger partial charge in [0.1, 0.15) is 5.75 Å². The van der Waals surface area contributed by atoms with Gasteiger partial charge in [-0.25, -0.2) is 5.43 Å². The number of carbonyl (C=O) groups excluding carboxylic acids is 2. The number of hydrogen-bond acceptors (Lipinski definition) is 4. The van der Waals surface area contributed by atoms with E-state index in [1.165, 1.54) is 18.3 Å². The predicted molar refractivity (Wildman–Crippen MR) is 88.7 cm³/mol. The molecule has 2 amide bonds. The van der Waals surface area contributed by atoms with Crippen molar-refractivity contribution in [1.82, 2.24) is 5.43 Å². The van der Waals surface area contributed by atoms with E-state index in [4.69, 9.17) is 11.6 Å². The molecule has 7 heteroatoms. The number of amides is 2. The topological polar surface area (TPSA) is 90.8 Å². The van der Waals surface area contributed by atoms with Crippen molar-refractivity contribution in [2.24, 2.45) is 5.10 Å². The summed E-state index contributed by atoms with van der Waals surface area (Å²) < 4.78 is 0. The first-order chi connectivity index (χ1) is 11.0. The van der Waals surface area contributed by atoms with Crippen molar-refractivity contribution in [2.45, 2.75) is 6.92 Å². The van der Waals surface area contributed by atoms with E-state index in [2.05, 4.69) is 15.8 Å². The number of aromatic hydroxyl groups is 1. The van der Waals surface area contributed by atoms with Crippen LogP contribution in [0.1, 0.15) is 11.1 Å². The molecule has 118 valence electrons. The lowest BCUT2D eigenvalue weighted by Gasteiger charge is -2.05. The zero-order valence-corrected chi connectivity index (χ0v) is 13.0. The molecule has 2 aromatic carbocycles. The Labute approximate surface area is 137 Å².